The second-order valence-corrected chi connectivity index (χ2v) is 4.41. The molecule has 0 N–H and O–H groups in total. The van der Waals surface area contributed by atoms with Crippen LogP contribution in [0.25, 0.3) is 21.8 Å². The van der Waals surface area contributed by atoms with Crippen LogP contribution in [-0.4, -0.2) is 4.57 Å². The third-order valence-corrected chi connectivity index (χ3v) is 2.82. The number of nitrogens with zero attached hydrogens (tertiary/aromatic N) is 1. The summed E-state index contributed by atoms with van der Waals surface area (Å²) in [6.45, 7) is 10.5. The first-order valence-electron chi connectivity index (χ1n) is 6.77. The van der Waals surface area contributed by atoms with Crippen molar-refractivity contribution in [2.75, 3.05) is 0 Å². The number of hydrogen-bond donors (Lipinski definition) is 0. The molecule has 0 atom stereocenters. The zero-order valence-corrected chi connectivity index (χ0v) is 12.6. The highest BCUT2D eigenvalue weighted by atomic mass is 14.9. The van der Waals surface area contributed by atoms with Gasteiger partial charge in [0.25, 0.3) is 0 Å². The first-order valence-corrected chi connectivity index (χ1v) is 6.77. The van der Waals surface area contributed by atoms with Crippen LogP contribution >= 0.6 is 0 Å². The van der Waals surface area contributed by atoms with Gasteiger partial charge in [-0.2, -0.15) is 0 Å². The molecule has 1 heteroatoms. The molecular weight excluding hydrogens is 254 g/mol. The predicted octanol–water partition coefficient (Wildman–Crippen LogP) is 6.35. The van der Waals surface area contributed by atoms with Crippen LogP contribution in [-0.2, 0) is 7.05 Å². The van der Waals surface area contributed by atoms with E-state index in [2.05, 4.69) is 73.3 Å². The number of benzene rings is 2. The molecule has 0 radical (unpaired) electrons. The van der Waals surface area contributed by atoms with Gasteiger partial charge in [0.2, 0.25) is 0 Å². The summed E-state index contributed by atoms with van der Waals surface area (Å²) < 4.78 is 2.24. The monoisotopic (exact) mass is 281 g/mol. The van der Waals surface area contributed by atoms with Crippen molar-refractivity contribution >= 4 is 21.8 Å². The Hall–Kier alpha value is -2.28. The Morgan fingerprint density at radius 2 is 1.05 bits per heavy atom. The predicted molar refractivity (Wildman–Crippen MR) is 98.9 cm³/mol. The Balaban J connectivity index is 0.000000502. The average molecular weight is 281 g/mol. The van der Waals surface area contributed by atoms with Crippen LogP contribution in [0.2, 0.25) is 0 Å². The van der Waals surface area contributed by atoms with Crippen molar-refractivity contribution in [3.63, 3.8) is 0 Å². The molecule has 3 aromatic rings. The van der Waals surface area contributed by atoms with Crippen molar-refractivity contribution in [2.45, 2.75) is 21.3 Å². The van der Waals surface area contributed by atoms with Gasteiger partial charge in [-0.15, -0.1) is 13.2 Å². The smallest absolute Gasteiger partial charge is 0.0488 e. The lowest BCUT2D eigenvalue weighted by molar-refractivity contribution is 1.01. The number of rotatable bonds is 0. The van der Waals surface area contributed by atoms with Crippen molar-refractivity contribution in [3.05, 3.63) is 73.8 Å². The van der Waals surface area contributed by atoms with E-state index in [4.69, 9.17) is 0 Å². The Kier molecular flexibility index (Phi) is 8.55. The van der Waals surface area contributed by atoms with Crippen LogP contribution in [0.5, 0.6) is 0 Å². The van der Waals surface area contributed by atoms with E-state index in [9.17, 15) is 0 Å². The van der Waals surface area contributed by atoms with Gasteiger partial charge in [-0.25, -0.2) is 0 Å². The van der Waals surface area contributed by atoms with Gasteiger partial charge in [-0.3, -0.25) is 0 Å². The van der Waals surface area contributed by atoms with Crippen LogP contribution < -0.4 is 0 Å². The van der Waals surface area contributed by atoms with E-state index in [1.165, 1.54) is 21.8 Å². The standard InChI is InChI=1S/C13H11N.2C3H6.CH4/c1-14-12-8-4-2-6-10(12)11-7-3-5-9-13(11)14;2*1-3-2;/h2-9H,1H3;2*3H,1H2,2H3;1H4. The third-order valence-electron chi connectivity index (χ3n) is 2.82. The first-order chi connectivity index (χ1) is 9.71. The van der Waals surface area contributed by atoms with E-state index in [0.29, 0.717) is 0 Å². The van der Waals surface area contributed by atoms with E-state index in [1.807, 2.05) is 13.8 Å². The largest absolute Gasteiger partial charge is 0.344 e. The number of fused-ring (bicyclic) bond motifs is 3. The highest BCUT2D eigenvalue weighted by molar-refractivity contribution is 6.07. The second-order valence-electron chi connectivity index (χ2n) is 4.41. The lowest BCUT2D eigenvalue weighted by Crippen LogP contribution is -1.84. The number of hydrogen-bond acceptors (Lipinski definition) is 0. The average Bonchev–Trinajstić information content (AvgIpc) is 2.76. The molecule has 0 spiro atoms. The molecule has 1 nitrogen and oxygen atoms in total. The van der Waals surface area contributed by atoms with Crippen LogP contribution in [0.1, 0.15) is 21.3 Å². The minimum atomic E-state index is 0. The lowest BCUT2D eigenvalue weighted by Gasteiger charge is -1.95. The highest BCUT2D eigenvalue weighted by Crippen LogP contribution is 2.26. The zero-order chi connectivity index (χ0) is 15.0. The van der Waals surface area contributed by atoms with E-state index in [1.54, 1.807) is 12.2 Å². The molecule has 3 rings (SSSR count). The zero-order valence-electron chi connectivity index (χ0n) is 12.6. The number of para-hydroxylation sites is 2. The molecule has 0 aliphatic carbocycles. The SMILES string of the molecule is C.C=CC.C=CC.Cn1c2ccccc2c2ccccc21. The minimum Gasteiger partial charge on any atom is -0.344 e. The fraction of sp³-hybridized carbons (Fsp3) is 0.200. The summed E-state index contributed by atoms with van der Waals surface area (Å²) in [5.74, 6) is 0. The third kappa shape index (κ3) is 4.35. The van der Waals surface area contributed by atoms with Crippen LogP contribution in [0.15, 0.2) is 73.8 Å². The van der Waals surface area contributed by atoms with E-state index in [-0.39, 0.29) is 7.43 Å². The molecule has 0 saturated carbocycles. The molecule has 21 heavy (non-hydrogen) atoms. The molecule has 1 aromatic heterocycles. The van der Waals surface area contributed by atoms with Crippen LogP contribution in [0.4, 0.5) is 0 Å². The normalized spacial score (nSPS) is 8.71. The molecule has 0 amide bonds. The number of allylic oxidation sites excluding steroid dienone is 2. The van der Waals surface area contributed by atoms with Gasteiger partial charge in [0, 0.05) is 28.9 Å². The maximum Gasteiger partial charge on any atom is 0.0488 e. The van der Waals surface area contributed by atoms with Crippen LogP contribution in [0, 0.1) is 0 Å². The van der Waals surface area contributed by atoms with Gasteiger partial charge in [0.15, 0.2) is 0 Å². The summed E-state index contributed by atoms with van der Waals surface area (Å²) in [6, 6.07) is 17.0. The Morgan fingerprint density at radius 3 is 1.38 bits per heavy atom. The topological polar surface area (TPSA) is 4.93 Å². The van der Waals surface area contributed by atoms with Crippen molar-refractivity contribution in [1.82, 2.24) is 4.57 Å². The Bertz CT molecular complexity index is 630. The number of aromatic nitrogens is 1. The molecular formula is C20H27N. The molecule has 0 saturated heterocycles. The van der Waals surface area contributed by atoms with Gasteiger partial charge in [-0.1, -0.05) is 56.0 Å². The van der Waals surface area contributed by atoms with Gasteiger partial charge in [-0.05, 0) is 26.0 Å². The summed E-state index contributed by atoms with van der Waals surface area (Å²) in [6.07, 6.45) is 3.50. The summed E-state index contributed by atoms with van der Waals surface area (Å²) in [4.78, 5) is 0. The lowest BCUT2D eigenvalue weighted by atomic mass is 10.2. The Morgan fingerprint density at radius 1 is 0.762 bits per heavy atom. The van der Waals surface area contributed by atoms with E-state index in [0.717, 1.165) is 0 Å². The van der Waals surface area contributed by atoms with Gasteiger partial charge in [0.1, 0.15) is 0 Å². The number of aryl methyl sites for hydroxylation is 1. The molecule has 2 aromatic carbocycles. The summed E-state index contributed by atoms with van der Waals surface area (Å²) in [7, 11) is 2.12. The summed E-state index contributed by atoms with van der Waals surface area (Å²) >= 11 is 0. The summed E-state index contributed by atoms with van der Waals surface area (Å²) in [5.41, 5.74) is 2.60. The van der Waals surface area contributed by atoms with Gasteiger partial charge < -0.3 is 4.57 Å². The van der Waals surface area contributed by atoms with E-state index >= 15 is 0 Å². The van der Waals surface area contributed by atoms with Crippen molar-refractivity contribution in [2.24, 2.45) is 7.05 Å². The van der Waals surface area contributed by atoms with Gasteiger partial charge >= 0.3 is 0 Å². The Labute approximate surface area is 129 Å². The fourth-order valence-electron chi connectivity index (χ4n) is 2.12. The molecule has 0 unspecified atom stereocenters. The fourth-order valence-corrected chi connectivity index (χ4v) is 2.12. The maximum atomic E-state index is 3.36. The maximum absolute atomic E-state index is 3.36. The van der Waals surface area contributed by atoms with Crippen molar-refractivity contribution < 1.29 is 0 Å². The minimum absolute atomic E-state index is 0. The van der Waals surface area contributed by atoms with Crippen LogP contribution in [0.3, 0.4) is 0 Å². The first kappa shape index (κ1) is 18.7. The molecule has 0 fully saturated rings. The quantitative estimate of drug-likeness (QED) is 0.423. The summed E-state index contributed by atoms with van der Waals surface area (Å²) in [5, 5.41) is 2.68. The van der Waals surface area contributed by atoms with Gasteiger partial charge in [0.05, 0.1) is 0 Å². The molecule has 112 valence electrons. The molecule has 0 aliphatic heterocycles. The molecule has 0 aliphatic rings. The molecule has 0 bridgehead atoms. The van der Waals surface area contributed by atoms with Crippen molar-refractivity contribution in [3.8, 4) is 0 Å². The molecule has 1 heterocycles. The highest BCUT2D eigenvalue weighted by Gasteiger charge is 2.04. The second kappa shape index (κ2) is 9.60. The van der Waals surface area contributed by atoms with Crippen molar-refractivity contribution in [1.29, 1.82) is 0 Å². The van der Waals surface area contributed by atoms with E-state index < -0.39 is 0 Å².